The number of carbonyl (C=O) groups excluding carboxylic acids is 1. The van der Waals surface area contributed by atoms with Crippen molar-refractivity contribution in [2.24, 2.45) is 0 Å². The number of nitro groups is 1. The molecular weight excluding hydrogens is 365 g/mol. The summed E-state index contributed by atoms with van der Waals surface area (Å²) in [6.45, 7) is 0. The molecule has 0 aliphatic rings. The smallest absolute Gasteiger partial charge is 0.305 e. The van der Waals surface area contributed by atoms with E-state index in [4.69, 9.17) is 0 Å². The number of non-ortho nitro benzene ring substituents is 1. The maximum atomic E-state index is 12.8. The molecule has 1 N–H and O–H groups in total. The Morgan fingerprint density at radius 1 is 1.11 bits per heavy atom. The zero-order chi connectivity index (χ0) is 19.6. The monoisotopic (exact) mass is 376 g/mol. The van der Waals surface area contributed by atoms with Crippen LogP contribution in [-0.2, 0) is 6.18 Å². The number of anilines is 1. The lowest BCUT2D eigenvalue weighted by molar-refractivity contribution is -0.384. The zero-order valence-electron chi connectivity index (χ0n) is 13.5. The van der Waals surface area contributed by atoms with Gasteiger partial charge in [-0.1, -0.05) is 12.1 Å². The summed E-state index contributed by atoms with van der Waals surface area (Å²) < 4.78 is 39.6. The number of hydrogen-bond acceptors (Lipinski definition) is 4. The number of hydrogen-bond donors (Lipinski definition) is 1. The van der Waals surface area contributed by atoms with Gasteiger partial charge in [0, 0.05) is 30.0 Å². The molecule has 1 heterocycles. The molecule has 1 amide bonds. The Morgan fingerprint density at radius 2 is 1.85 bits per heavy atom. The second kappa shape index (κ2) is 6.90. The topological polar surface area (TPSA) is 90.1 Å². The summed E-state index contributed by atoms with van der Waals surface area (Å²) in [6.07, 6.45) is -3.10. The number of carbonyl (C=O) groups is 1. The summed E-state index contributed by atoms with van der Waals surface area (Å²) in [7, 11) is 0. The molecule has 0 aliphatic carbocycles. The summed E-state index contributed by atoms with van der Waals surface area (Å²) in [5.41, 5.74) is -0.840. The number of nitrogens with one attached hydrogen (secondary N) is 1. The van der Waals surface area contributed by atoms with Crippen LogP contribution in [0.4, 0.5) is 24.7 Å². The van der Waals surface area contributed by atoms with Gasteiger partial charge in [-0.05, 0) is 24.3 Å². The maximum absolute atomic E-state index is 12.8. The van der Waals surface area contributed by atoms with E-state index in [0.717, 1.165) is 18.2 Å². The number of nitro benzene ring substituents is 1. The lowest BCUT2D eigenvalue weighted by Crippen LogP contribution is -2.13. The number of benzene rings is 2. The van der Waals surface area contributed by atoms with Gasteiger partial charge in [0.1, 0.15) is 0 Å². The van der Waals surface area contributed by atoms with Crippen molar-refractivity contribution in [3.05, 3.63) is 82.0 Å². The summed E-state index contributed by atoms with van der Waals surface area (Å²) in [6, 6.07) is 11.1. The molecule has 138 valence electrons. The van der Waals surface area contributed by atoms with Gasteiger partial charge in [0.05, 0.1) is 16.2 Å². The Balaban J connectivity index is 1.80. The molecule has 10 heteroatoms. The van der Waals surface area contributed by atoms with Crippen LogP contribution in [0.25, 0.3) is 5.69 Å². The fraction of sp³-hybridized carbons (Fsp3) is 0.0588. The minimum absolute atomic E-state index is 0.0535. The van der Waals surface area contributed by atoms with E-state index in [1.807, 2.05) is 0 Å². The van der Waals surface area contributed by atoms with Crippen LogP contribution < -0.4 is 5.32 Å². The van der Waals surface area contributed by atoms with E-state index in [2.05, 4.69) is 10.4 Å². The van der Waals surface area contributed by atoms with Gasteiger partial charge in [-0.15, -0.1) is 0 Å². The minimum atomic E-state index is -4.48. The van der Waals surface area contributed by atoms with E-state index in [9.17, 15) is 28.1 Å². The molecule has 3 rings (SSSR count). The lowest BCUT2D eigenvalue weighted by Gasteiger charge is -2.08. The van der Waals surface area contributed by atoms with E-state index < -0.39 is 22.6 Å². The Labute approximate surface area is 150 Å². The van der Waals surface area contributed by atoms with Crippen molar-refractivity contribution in [3.63, 3.8) is 0 Å². The summed E-state index contributed by atoms with van der Waals surface area (Å²) >= 11 is 0. The van der Waals surface area contributed by atoms with E-state index in [1.165, 1.54) is 47.3 Å². The largest absolute Gasteiger partial charge is 0.416 e. The Kier molecular flexibility index (Phi) is 4.63. The van der Waals surface area contributed by atoms with E-state index >= 15 is 0 Å². The maximum Gasteiger partial charge on any atom is 0.416 e. The highest BCUT2D eigenvalue weighted by atomic mass is 19.4. The average Bonchev–Trinajstić information content (AvgIpc) is 3.09. The van der Waals surface area contributed by atoms with Gasteiger partial charge >= 0.3 is 6.18 Å². The summed E-state index contributed by atoms with van der Waals surface area (Å²) in [4.78, 5) is 22.3. The van der Waals surface area contributed by atoms with Crippen LogP contribution in [0.1, 0.15) is 15.9 Å². The average molecular weight is 376 g/mol. The second-order valence-corrected chi connectivity index (χ2v) is 5.46. The minimum Gasteiger partial charge on any atom is -0.305 e. The highest BCUT2D eigenvalue weighted by molar-refractivity contribution is 6.04. The zero-order valence-corrected chi connectivity index (χ0v) is 13.5. The van der Waals surface area contributed by atoms with Gasteiger partial charge in [0.2, 0.25) is 0 Å². The summed E-state index contributed by atoms with van der Waals surface area (Å²) in [5.74, 6) is -0.545. The molecular formula is C17H11F3N4O3. The predicted molar refractivity (Wildman–Crippen MR) is 89.6 cm³/mol. The van der Waals surface area contributed by atoms with Crippen molar-refractivity contribution in [1.82, 2.24) is 9.78 Å². The van der Waals surface area contributed by atoms with Crippen molar-refractivity contribution in [1.29, 1.82) is 0 Å². The number of rotatable bonds is 4. The Bertz CT molecular complexity index is 1010. The van der Waals surface area contributed by atoms with Gasteiger partial charge in [-0.2, -0.15) is 18.3 Å². The Morgan fingerprint density at radius 3 is 2.56 bits per heavy atom. The quantitative estimate of drug-likeness (QED) is 0.549. The van der Waals surface area contributed by atoms with Crippen LogP contribution in [0.5, 0.6) is 0 Å². The molecule has 0 saturated carbocycles. The fourth-order valence-electron chi connectivity index (χ4n) is 2.31. The van der Waals surface area contributed by atoms with E-state index in [1.54, 1.807) is 0 Å². The summed E-state index contributed by atoms with van der Waals surface area (Å²) in [5, 5.41) is 17.2. The SMILES string of the molecule is O=C(Nc1ccn(-c2cccc(C(F)(F)F)c2)n1)c1cccc([N+](=O)[O-])c1. The van der Waals surface area contributed by atoms with Gasteiger partial charge in [-0.3, -0.25) is 14.9 Å². The highest BCUT2D eigenvalue weighted by Gasteiger charge is 2.30. The molecule has 2 aromatic carbocycles. The first-order valence-corrected chi connectivity index (χ1v) is 7.53. The van der Waals surface area contributed by atoms with Crippen LogP contribution in [0, 0.1) is 10.1 Å². The molecule has 7 nitrogen and oxygen atoms in total. The normalized spacial score (nSPS) is 11.2. The predicted octanol–water partition coefficient (Wildman–Crippen LogP) is 4.05. The van der Waals surface area contributed by atoms with Crippen LogP contribution in [0.15, 0.2) is 60.8 Å². The van der Waals surface area contributed by atoms with Crippen LogP contribution >= 0.6 is 0 Å². The van der Waals surface area contributed by atoms with Gasteiger partial charge < -0.3 is 5.32 Å². The van der Waals surface area contributed by atoms with Crippen LogP contribution in [-0.4, -0.2) is 20.6 Å². The molecule has 0 bridgehead atoms. The molecule has 0 unspecified atom stereocenters. The number of halogens is 3. The van der Waals surface area contributed by atoms with Crippen molar-refractivity contribution in [2.75, 3.05) is 5.32 Å². The third-order valence-electron chi connectivity index (χ3n) is 3.59. The van der Waals surface area contributed by atoms with Crippen molar-refractivity contribution in [2.45, 2.75) is 6.18 Å². The van der Waals surface area contributed by atoms with E-state index in [-0.39, 0.29) is 22.8 Å². The van der Waals surface area contributed by atoms with E-state index in [0.29, 0.717) is 0 Å². The van der Waals surface area contributed by atoms with Gasteiger partial charge in [-0.25, -0.2) is 4.68 Å². The number of alkyl halides is 3. The first-order chi connectivity index (χ1) is 12.7. The van der Waals surface area contributed by atoms with Crippen molar-refractivity contribution in [3.8, 4) is 5.69 Å². The third kappa shape index (κ3) is 4.11. The van der Waals surface area contributed by atoms with Gasteiger partial charge in [0.15, 0.2) is 5.82 Å². The van der Waals surface area contributed by atoms with Gasteiger partial charge in [0.25, 0.3) is 11.6 Å². The molecule has 0 spiro atoms. The first kappa shape index (κ1) is 18.1. The number of nitrogens with zero attached hydrogens (tertiary/aromatic N) is 3. The third-order valence-corrected chi connectivity index (χ3v) is 3.59. The second-order valence-electron chi connectivity index (χ2n) is 5.46. The molecule has 0 radical (unpaired) electrons. The number of aromatic nitrogens is 2. The molecule has 27 heavy (non-hydrogen) atoms. The molecule has 0 saturated heterocycles. The van der Waals surface area contributed by atoms with Crippen LogP contribution in [0.3, 0.4) is 0 Å². The molecule has 1 aromatic heterocycles. The van der Waals surface area contributed by atoms with Crippen LogP contribution in [0.2, 0.25) is 0 Å². The van der Waals surface area contributed by atoms with Crippen molar-refractivity contribution < 1.29 is 22.9 Å². The number of amides is 1. The van der Waals surface area contributed by atoms with Crippen molar-refractivity contribution >= 4 is 17.4 Å². The molecule has 3 aromatic rings. The Hall–Kier alpha value is -3.69. The molecule has 0 aliphatic heterocycles. The standard InChI is InChI=1S/C17H11F3N4O3/c18-17(19,20)12-4-2-5-13(10-12)23-8-7-15(22-23)21-16(25)11-3-1-6-14(9-11)24(26)27/h1-10H,(H,21,22,25). The molecule has 0 fully saturated rings. The first-order valence-electron chi connectivity index (χ1n) is 7.53. The lowest BCUT2D eigenvalue weighted by atomic mass is 10.2. The molecule has 0 atom stereocenters. The fourth-order valence-corrected chi connectivity index (χ4v) is 2.31. The highest BCUT2D eigenvalue weighted by Crippen LogP contribution is 2.30.